The highest BCUT2D eigenvalue weighted by Crippen LogP contribution is 2.17. The van der Waals surface area contributed by atoms with Crippen molar-refractivity contribution in [2.24, 2.45) is 0 Å². The molecule has 0 heterocycles. The molecule has 0 spiro atoms. The van der Waals surface area contributed by atoms with Crippen molar-refractivity contribution in [3.8, 4) is 0 Å². The van der Waals surface area contributed by atoms with E-state index in [1.165, 1.54) is 231 Å². The highest BCUT2D eigenvalue weighted by atomic mass is 16.6. The largest absolute Gasteiger partial charge is 0.463 e. The first-order valence-corrected chi connectivity index (χ1v) is 24.6. The Morgan fingerprint density at radius 3 is 0.667 bits per heavy atom. The fraction of sp³-hybridized carbons (Fsp3) is 0.959. The van der Waals surface area contributed by atoms with Crippen LogP contribution in [0.15, 0.2) is 0 Å². The average molecular weight is 765 g/mol. The van der Waals surface area contributed by atoms with E-state index in [9.17, 15) is 14.7 Å². The normalized spacial score (nSPS) is 12.0. The lowest BCUT2D eigenvalue weighted by atomic mass is 10.0. The van der Waals surface area contributed by atoms with E-state index in [2.05, 4.69) is 13.8 Å². The Bertz CT molecular complexity index is 740. The molecule has 0 saturated heterocycles. The van der Waals surface area contributed by atoms with Crippen molar-refractivity contribution in [1.29, 1.82) is 0 Å². The maximum atomic E-state index is 12.0. The standard InChI is InChI=1S/C49H96O5/c1-3-5-7-9-11-13-15-17-19-21-23-24-26-28-30-32-34-36-38-40-42-44-49(52)54-46-47(50)45-53-48(51)43-41-39-37-35-33-31-29-27-25-22-20-18-16-14-12-10-8-6-4-2/h47,50H,3-46H2,1-2H3. The van der Waals surface area contributed by atoms with E-state index in [0.29, 0.717) is 12.8 Å². The van der Waals surface area contributed by atoms with Gasteiger partial charge < -0.3 is 14.6 Å². The zero-order valence-electron chi connectivity index (χ0n) is 36.8. The van der Waals surface area contributed by atoms with Gasteiger partial charge in [-0.3, -0.25) is 9.59 Å². The number of unbranched alkanes of at least 4 members (excludes halogenated alkanes) is 38. The van der Waals surface area contributed by atoms with Crippen LogP contribution in [0.4, 0.5) is 0 Å². The minimum absolute atomic E-state index is 0.107. The fourth-order valence-electron chi connectivity index (χ4n) is 7.62. The zero-order chi connectivity index (χ0) is 39.3. The van der Waals surface area contributed by atoms with Crippen LogP contribution in [0.1, 0.15) is 284 Å². The summed E-state index contributed by atoms with van der Waals surface area (Å²) in [4.78, 5) is 24.1. The Hall–Kier alpha value is -1.10. The SMILES string of the molecule is CCCCCCCCCCCCCCCCCCCCCCCC(=O)OCC(O)COC(=O)CCCCCCCCCCCCCCCCCCCCC. The van der Waals surface area contributed by atoms with Crippen molar-refractivity contribution in [2.45, 2.75) is 290 Å². The van der Waals surface area contributed by atoms with Gasteiger partial charge in [0.05, 0.1) is 0 Å². The summed E-state index contributed by atoms with van der Waals surface area (Å²) >= 11 is 0. The first-order valence-electron chi connectivity index (χ1n) is 24.6. The summed E-state index contributed by atoms with van der Waals surface area (Å²) < 4.78 is 10.4. The molecule has 0 aromatic heterocycles. The summed E-state index contributed by atoms with van der Waals surface area (Å²) in [6.07, 6.45) is 53.3. The molecule has 5 nitrogen and oxygen atoms in total. The van der Waals surface area contributed by atoms with E-state index in [4.69, 9.17) is 9.47 Å². The molecule has 0 rings (SSSR count). The molecular formula is C49H96O5. The first-order chi connectivity index (χ1) is 26.6. The Morgan fingerprint density at radius 1 is 0.315 bits per heavy atom. The predicted molar refractivity (Wildman–Crippen MR) is 233 cm³/mol. The molecule has 0 amide bonds. The average Bonchev–Trinajstić information content (AvgIpc) is 3.17. The summed E-state index contributed by atoms with van der Waals surface area (Å²) in [6, 6.07) is 0. The van der Waals surface area contributed by atoms with Crippen molar-refractivity contribution >= 4 is 11.9 Å². The van der Waals surface area contributed by atoms with Gasteiger partial charge in [-0.15, -0.1) is 0 Å². The Kier molecular flexibility index (Phi) is 45.3. The predicted octanol–water partition coefficient (Wildman–Crippen LogP) is 15.9. The number of carbonyl (C=O) groups excluding carboxylic acids is 2. The van der Waals surface area contributed by atoms with Crippen LogP contribution in [-0.4, -0.2) is 36.4 Å². The maximum absolute atomic E-state index is 12.0. The van der Waals surface area contributed by atoms with Crippen molar-refractivity contribution in [3.63, 3.8) is 0 Å². The summed E-state index contributed by atoms with van der Waals surface area (Å²) in [5.74, 6) is -0.542. The lowest BCUT2D eigenvalue weighted by Crippen LogP contribution is -2.25. The Morgan fingerprint density at radius 2 is 0.481 bits per heavy atom. The molecule has 322 valence electrons. The van der Waals surface area contributed by atoms with Crippen molar-refractivity contribution in [1.82, 2.24) is 0 Å². The number of aliphatic hydroxyl groups excluding tert-OH is 1. The molecule has 0 aliphatic rings. The van der Waals surface area contributed by atoms with Gasteiger partial charge in [-0.25, -0.2) is 0 Å². The van der Waals surface area contributed by atoms with Gasteiger partial charge in [0, 0.05) is 12.8 Å². The van der Waals surface area contributed by atoms with Gasteiger partial charge in [0.15, 0.2) is 0 Å². The molecule has 0 fully saturated rings. The second-order valence-electron chi connectivity index (χ2n) is 17.0. The zero-order valence-corrected chi connectivity index (χ0v) is 36.8. The van der Waals surface area contributed by atoms with Crippen LogP contribution in [0.5, 0.6) is 0 Å². The van der Waals surface area contributed by atoms with Gasteiger partial charge in [-0.05, 0) is 12.8 Å². The van der Waals surface area contributed by atoms with E-state index >= 15 is 0 Å². The highest BCUT2D eigenvalue weighted by Gasteiger charge is 2.12. The third kappa shape index (κ3) is 45.3. The molecule has 1 N–H and O–H groups in total. The molecule has 0 saturated carbocycles. The second kappa shape index (κ2) is 46.3. The Balaban J connectivity index is 3.33. The molecule has 5 heteroatoms. The number of esters is 2. The maximum Gasteiger partial charge on any atom is 0.305 e. The fourth-order valence-corrected chi connectivity index (χ4v) is 7.62. The van der Waals surface area contributed by atoms with E-state index in [1.807, 2.05) is 0 Å². The van der Waals surface area contributed by atoms with Crippen LogP contribution in [0, 0.1) is 0 Å². The van der Waals surface area contributed by atoms with E-state index in [1.54, 1.807) is 0 Å². The quantitative estimate of drug-likeness (QED) is 0.0494. The lowest BCUT2D eigenvalue weighted by molar-refractivity contribution is -0.152. The van der Waals surface area contributed by atoms with Gasteiger partial charge in [0.25, 0.3) is 0 Å². The monoisotopic (exact) mass is 765 g/mol. The third-order valence-electron chi connectivity index (χ3n) is 11.3. The second-order valence-corrected chi connectivity index (χ2v) is 17.0. The Labute approximate surface area is 338 Å². The number of rotatable bonds is 46. The summed E-state index contributed by atoms with van der Waals surface area (Å²) in [5.41, 5.74) is 0. The minimum atomic E-state index is -0.956. The first kappa shape index (κ1) is 52.9. The van der Waals surface area contributed by atoms with Crippen LogP contribution in [0.3, 0.4) is 0 Å². The van der Waals surface area contributed by atoms with Crippen molar-refractivity contribution in [3.05, 3.63) is 0 Å². The summed E-state index contributed by atoms with van der Waals surface area (Å²) in [6.45, 7) is 4.36. The van der Waals surface area contributed by atoms with Crippen molar-refractivity contribution < 1.29 is 24.2 Å². The van der Waals surface area contributed by atoms with Crippen molar-refractivity contribution in [2.75, 3.05) is 13.2 Å². The third-order valence-corrected chi connectivity index (χ3v) is 11.3. The van der Waals surface area contributed by atoms with Gasteiger partial charge >= 0.3 is 11.9 Å². The van der Waals surface area contributed by atoms with Gasteiger partial charge in [0.1, 0.15) is 19.3 Å². The molecule has 0 aliphatic heterocycles. The van der Waals surface area contributed by atoms with Crippen LogP contribution in [0.2, 0.25) is 0 Å². The molecule has 1 atom stereocenters. The number of ether oxygens (including phenoxy) is 2. The molecule has 0 aromatic rings. The van der Waals surface area contributed by atoms with E-state index in [-0.39, 0.29) is 25.2 Å². The van der Waals surface area contributed by atoms with Crippen LogP contribution < -0.4 is 0 Å². The number of carbonyl (C=O) groups is 2. The summed E-state index contributed by atoms with van der Waals surface area (Å²) in [5, 5.41) is 10.1. The van der Waals surface area contributed by atoms with Gasteiger partial charge in [-0.2, -0.15) is 0 Å². The number of hydrogen-bond donors (Lipinski definition) is 1. The molecule has 0 radical (unpaired) electrons. The summed E-state index contributed by atoms with van der Waals surface area (Å²) in [7, 11) is 0. The molecule has 0 aromatic carbocycles. The van der Waals surface area contributed by atoms with Crippen LogP contribution in [0.25, 0.3) is 0 Å². The van der Waals surface area contributed by atoms with Crippen LogP contribution >= 0.6 is 0 Å². The van der Waals surface area contributed by atoms with E-state index < -0.39 is 6.10 Å². The number of aliphatic hydroxyl groups is 1. The molecular weight excluding hydrogens is 669 g/mol. The molecule has 0 bridgehead atoms. The molecule has 1 unspecified atom stereocenters. The van der Waals surface area contributed by atoms with E-state index in [0.717, 1.165) is 25.7 Å². The van der Waals surface area contributed by atoms with Gasteiger partial charge in [-0.1, -0.05) is 258 Å². The molecule has 0 aliphatic carbocycles. The van der Waals surface area contributed by atoms with Gasteiger partial charge in [0.2, 0.25) is 0 Å². The topological polar surface area (TPSA) is 72.8 Å². The minimum Gasteiger partial charge on any atom is -0.463 e. The lowest BCUT2D eigenvalue weighted by Gasteiger charge is -2.12. The highest BCUT2D eigenvalue weighted by molar-refractivity contribution is 5.69. The number of hydrogen-bond acceptors (Lipinski definition) is 5. The smallest absolute Gasteiger partial charge is 0.305 e. The van der Waals surface area contributed by atoms with Crippen LogP contribution in [-0.2, 0) is 19.1 Å². The molecule has 54 heavy (non-hydrogen) atoms.